The highest BCUT2D eigenvalue weighted by molar-refractivity contribution is 5.04. The van der Waals surface area contributed by atoms with Crippen molar-refractivity contribution in [2.75, 3.05) is 13.1 Å². The van der Waals surface area contributed by atoms with Crippen LogP contribution in [0.25, 0.3) is 0 Å². The summed E-state index contributed by atoms with van der Waals surface area (Å²) in [5, 5.41) is 10.6. The maximum absolute atomic E-state index is 10.6. The lowest BCUT2D eigenvalue weighted by molar-refractivity contribution is -0.0853. The van der Waals surface area contributed by atoms with E-state index in [9.17, 15) is 5.11 Å². The minimum absolute atomic E-state index is 0.0139. The van der Waals surface area contributed by atoms with Gasteiger partial charge in [0, 0.05) is 5.54 Å². The molecule has 1 aliphatic heterocycles. The van der Waals surface area contributed by atoms with Crippen LogP contribution in [0.15, 0.2) is 0 Å². The third-order valence-corrected chi connectivity index (χ3v) is 4.47. The number of hydrogen-bond donors (Lipinski definition) is 1. The van der Waals surface area contributed by atoms with E-state index < -0.39 is 5.60 Å². The molecule has 1 saturated carbocycles. The summed E-state index contributed by atoms with van der Waals surface area (Å²) in [6.07, 6.45) is 7.01. The van der Waals surface area contributed by atoms with Crippen molar-refractivity contribution in [2.24, 2.45) is 0 Å². The Balaban J connectivity index is 2.12. The molecule has 0 unspecified atom stereocenters. The van der Waals surface area contributed by atoms with Crippen molar-refractivity contribution in [3.05, 3.63) is 0 Å². The lowest BCUT2D eigenvalue weighted by Crippen LogP contribution is -2.58. The zero-order valence-electron chi connectivity index (χ0n) is 9.55. The van der Waals surface area contributed by atoms with Gasteiger partial charge >= 0.3 is 0 Å². The van der Waals surface area contributed by atoms with Gasteiger partial charge in [0.15, 0.2) is 0 Å². The molecule has 0 atom stereocenters. The van der Waals surface area contributed by atoms with E-state index in [1.807, 2.05) is 0 Å². The predicted molar refractivity (Wildman–Crippen MR) is 58.3 cm³/mol. The van der Waals surface area contributed by atoms with Gasteiger partial charge in [-0.15, -0.1) is 0 Å². The summed E-state index contributed by atoms with van der Waals surface area (Å²) in [5.74, 6) is 0. The van der Waals surface area contributed by atoms with Crippen molar-refractivity contribution in [1.29, 1.82) is 0 Å². The van der Waals surface area contributed by atoms with Gasteiger partial charge in [-0.25, -0.2) is 0 Å². The van der Waals surface area contributed by atoms with Crippen LogP contribution in [0.1, 0.15) is 52.4 Å². The lowest BCUT2D eigenvalue weighted by atomic mass is 9.80. The van der Waals surface area contributed by atoms with Gasteiger partial charge in [0.25, 0.3) is 0 Å². The molecule has 82 valence electrons. The molecule has 2 heteroatoms. The third-order valence-electron chi connectivity index (χ3n) is 4.47. The van der Waals surface area contributed by atoms with Crippen LogP contribution < -0.4 is 0 Å². The molecule has 0 aromatic carbocycles. The van der Waals surface area contributed by atoms with Crippen LogP contribution in [0, 0.1) is 0 Å². The van der Waals surface area contributed by atoms with Crippen molar-refractivity contribution < 1.29 is 5.11 Å². The zero-order valence-corrected chi connectivity index (χ0v) is 9.55. The molecular formula is C12H23NO. The second-order valence-corrected chi connectivity index (χ2v) is 5.49. The molecule has 0 spiro atoms. The van der Waals surface area contributed by atoms with Crippen LogP contribution >= 0.6 is 0 Å². The van der Waals surface area contributed by atoms with Crippen LogP contribution in [-0.2, 0) is 0 Å². The SMILES string of the molecule is CC(C)(N1CCCC1)C1(O)CCCC1. The summed E-state index contributed by atoms with van der Waals surface area (Å²) in [7, 11) is 0. The molecule has 2 aliphatic rings. The van der Waals surface area contributed by atoms with Crippen LogP contribution in [0.2, 0.25) is 0 Å². The normalized spacial score (nSPS) is 28.5. The molecule has 1 heterocycles. The zero-order chi connectivity index (χ0) is 10.2. The van der Waals surface area contributed by atoms with Gasteiger partial charge in [-0.05, 0) is 52.6 Å². The highest BCUT2D eigenvalue weighted by Crippen LogP contribution is 2.42. The van der Waals surface area contributed by atoms with Gasteiger partial charge in [0.1, 0.15) is 0 Å². The highest BCUT2D eigenvalue weighted by atomic mass is 16.3. The second kappa shape index (κ2) is 3.49. The number of aliphatic hydroxyl groups is 1. The maximum Gasteiger partial charge on any atom is 0.0825 e. The van der Waals surface area contributed by atoms with E-state index in [1.54, 1.807) is 0 Å². The first kappa shape index (κ1) is 10.4. The van der Waals surface area contributed by atoms with Gasteiger partial charge in [0.05, 0.1) is 5.60 Å². The van der Waals surface area contributed by atoms with E-state index in [-0.39, 0.29) is 5.54 Å². The molecule has 0 radical (unpaired) electrons. The minimum atomic E-state index is -0.419. The quantitative estimate of drug-likeness (QED) is 0.733. The molecule has 0 amide bonds. The summed E-state index contributed by atoms with van der Waals surface area (Å²) in [4.78, 5) is 2.48. The molecule has 2 nitrogen and oxygen atoms in total. The van der Waals surface area contributed by atoms with Crippen molar-refractivity contribution in [3.8, 4) is 0 Å². The molecule has 1 N–H and O–H groups in total. The van der Waals surface area contributed by atoms with Crippen molar-refractivity contribution >= 4 is 0 Å². The van der Waals surface area contributed by atoms with E-state index in [2.05, 4.69) is 18.7 Å². The summed E-state index contributed by atoms with van der Waals surface area (Å²) >= 11 is 0. The fraction of sp³-hybridized carbons (Fsp3) is 1.00. The molecule has 0 aromatic heterocycles. The Morgan fingerprint density at radius 2 is 1.50 bits per heavy atom. The van der Waals surface area contributed by atoms with E-state index in [4.69, 9.17) is 0 Å². The monoisotopic (exact) mass is 197 g/mol. The third kappa shape index (κ3) is 1.49. The lowest BCUT2D eigenvalue weighted by Gasteiger charge is -2.46. The van der Waals surface area contributed by atoms with Crippen LogP contribution in [-0.4, -0.2) is 34.2 Å². The molecule has 2 rings (SSSR count). The Morgan fingerprint density at radius 1 is 1.00 bits per heavy atom. The summed E-state index contributed by atoms with van der Waals surface area (Å²) < 4.78 is 0. The smallest absolute Gasteiger partial charge is 0.0825 e. The Hall–Kier alpha value is -0.0800. The molecular weight excluding hydrogens is 174 g/mol. The van der Waals surface area contributed by atoms with Gasteiger partial charge in [-0.3, -0.25) is 4.90 Å². The first-order chi connectivity index (χ1) is 6.56. The molecule has 0 bridgehead atoms. The molecule has 1 aliphatic carbocycles. The Labute approximate surface area is 87.3 Å². The standard InChI is InChI=1S/C12H23NO/c1-11(2,13-9-5-6-10-13)12(14)7-3-4-8-12/h14H,3-10H2,1-2H3. The van der Waals surface area contributed by atoms with E-state index in [0.717, 1.165) is 12.8 Å². The average Bonchev–Trinajstić information content (AvgIpc) is 2.73. The topological polar surface area (TPSA) is 23.5 Å². The van der Waals surface area contributed by atoms with Crippen LogP contribution in [0.4, 0.5) is 0 Å². The fourth-order valence-electron chi connectivity index (χ4n) is 3.14. The van der Waals surface area contributed by atoms with Gasteiger partial charge in [-0.2, -0.15) is 0 Å². The van der Waals surface area contributed by atoms with Crippen molar-refractivity contribution in [3.63, 3.8) is 0 Å². The first-order valence-corrected chi connectivity index (χ1v) is 6.04. The molecule has 1 saturated heterocycles. The van der Waals surface area contributed by atoms with Crippen LogP contribution in [0.5, 0.6) is 0 Å². The van der Waals surface area contributed by atoms with E-state index in [1.165, 1.54) is 38.8 Å². The van der Waals surface area contributed by atoms with Crippen molar-refractivity contribution in [1.82, 2.24) is 4.90 Å². The van der Waals surface area contributed by atoms with Gasteiger partial charge < -0.3 is 5.11 Å². The predicted octanol–water partition coefficient (Wildman–Crippen LogP) is 2.17. The van der Waals surface area contributed by atoms with Crippen LogP contribution in [0.3, 0.4) is 0 Å². The Morgan fingerprint density at radius 3 is 2.00 bits per heavy atom. The highest BCUT2D eigenvalue weighted by Gasteiger charge is 2.48. The van der Waals surface area contributed by atoms with Gasteiger partial charge in [-0.1, -0.05) is 12.8 Å². The van der Waals surface area contributed by atoms with Crippen molar-refractivity contribution in [2.45, 2.75) is 63.5 Å². The number of rotatable bonds is 2. The molecule has 2 fully saturated rings. The minimum Gasteiger partial charge on any atom is -0.388 e. The molecule has 14 heavy (non-hydrogen) atoms. The summed E-state index contributed by atoms with van der Waals surface area (Å²) in [6.45, 7) is 6.80. The number of likely N-dealkylation sites (tertiary alicyclic amines) is 1. The molecule has 0 aromatic rings. The summed E-state index contributed by atoms with van der Waals surface area (Å²) in [6, 6.07) is 0. The van der Waals surface area contributed by atoms with Gasteiger partial charge in [0.2, 0.25) is 0 Å². The second-order valence-electron chi connectivity index (χ2n) is 5.49. The first-order valence-electron chi connectivity index (χ1n) is 6.04. The van der Waals surface area contributed by atoms with E-state index >= 15 is 0 Å². The Kier molecular flexibility index (Phi) is 2.61. The average molecular weight is 197 g/mol. The largest absolute Gasteiger partial charge is 0.388 e. The Bertz CT molecular complexity index is 200. The fourth-order valence-corrected chi connectivity index (χ4v) is 3.14. The number of nitrogens with zero attached hydrogens (tertiary/aromatic N) is 1. The summed E-state index contributed by atoms with van der Waals surface area (Å²) in [5.41, 5.74) is -0.433. The van der Waals surface area contributed by atoms with E-state index in [0.29, 0.717) is 0 Å². The maximum atomic E-state index is 10.6. The number of hydrogen-bond acceptors (Lipinski definition) is 2.